The molecule has 3 aromatic carbocycles. The van der Waals surface area contributed by atoms with Crippen LogP contribution in [0.15, 0.2) is 60.7 Å². The molecule has 0 radical (unpaired) electrons. The van der Waals surface area contributed by atoms with Crippen molar-refractivity contribution in [1.82, 2.24) is 4.90 Å². The molecule has 3 aromatic rings. The van der Waals surface area contributed by atoms with Crippen molar-refractivity contribution in [3.05, 3.63) is 71.8 Å². The molecule has 0 unspecified atom stereocenters. The van der Waals surface area contributed by atoms with Crippen molar-refractivity contribution in [1.29, 1.82) is 0 Å². The van der Waals surface area contributed by atoms with Gasteiger partial charge in [-0.3, -0.25) is 14.5 Å². The zero-order chi connectivity index (χ0) is 24.5. The highest BCUT2D eigenvalue weighted by Gasteiger charge is 2.34. The molecule has 2 fully saturated rings. The molecule has 6 heteroatoms. The Labute approximate surface area is 212 Å². The molecule has 1 amide bonds. The third-order valence-corrected chi connectivity index (χ3v) is 7.95. The molecule has 2 aliphatic heterocycles. The minimum absolute atomic E-state index is 0.149. The van der Waals surface area contributed by atoms with Crippen LogP contribution in [0, 0.1) is 5.92 Å². The molecule has 0 bridgehead atoms. The van der Waals surface area contributed by atoms with Gasteiger partial charge in [-0.05, 0) is 48.9 Å². The maximum Gasteiger partial charge on any atom is 0.320 e. The fourth-order valence-electron chi connectivity index (χ4n) is 5.76. The number of nitrogens with zero attached hydrogens (tertiary/aromatic N) is 3. The van der Waals surface area contributed by atoms with Gasteiger partial charge in [-0.2, -0.15) is 0 Å². The Bertz CT molecular complexity index is 1270. The van der Waals surface area contributed by atoms with Crippen LogP contribution < -0.4 is 9.80 Å². The van der Waals surface area contributed by atoms with Crippen LogP contribution in [0.3, 0.4) is 0 Å². The van der Waals surface area contributed by atoms with E-state index in [-0.39, 0.29) is 11.9 Å². The van der Waals surface area contributed by atoms with Gasteiger partial charge in [-0.15, -0.1) is 0 Å². The number of ether oxygens (including phenoxy) is 1. The Morgan fingerprint density at radius 1 is 0.861 bits per heavy atom. The highest BCUT2D eigenvalue weighted by Crippen LogP contribution is 2.43. The number of amides is 1. The minimum Gasteiger partial charge on any atom is -0.460 e. The number of benzene rings is 3. The van der Waals surface area contributed by atoms with Crippen LogP contribution in [0.25, 0.3) is 10.8 Å². The summed E-state index contributed by atoms with van der Waals surface area (Å²) in [4.78, 5) is 32.3. The first-order valence-corrected chi connectivity index (χ1v) is 13.2. The second kappa shape index (κ2) is 9.94. The van der Waals surface area contributed by atoms with E-state index in [1.807, 2.05) is 47.4 Å². The Morgan fingerprint density at radius 3 is 2.50 bits per heavy atom. The third-order valence-electron chi connectivity index (χ3n) is 7.95. The lowest BCUT2D eigenvalue weighted by atomic mass is 9.85. The van der Waals surface area contributed by atoms with Crippen molar-refractivity contribution >= 4 is 34.0 Å². The van der Waals surface area contributed by atoms with Crippen molar-refractivity contribution in [2.45, 2.75) is 32.3 Å². The van der Waals surface area contributed by atoms with Gasteiger partial charge in [0.25, 0.3) is 5.91 Å². The van der Waals surface area contributed by atoms with Gasteiger partial charge in [0.2, 0.25) is 0 Å². The van der Waals surface area contributed by atoms with Gasteiger partial charge in [0, 0.05) is 54.7 Å². The quantitative estimate of drug-likeness (QED) is 0.450. The highest BCUT2D eigenvalue weighted by atomic mass is 16.5. The van der Waals surface area contributed by atoms with Crippen LogP contribution in [-0.4, -0.2) is 56.0 Å². The summed E-state index contributed by atoms with van der Waals surface area (Å²) in [5, 5.41) is 2.26. The van der Waals surface area contributed by atoms with Gasteiger partial charge in [0.15, 0.2) is 0 Å². The van der Waals surface area contributed by atoms with Crippen LogP contribution in [0.4, 0.5) is 11.4 Å². The molecule has 0 atom stereocenters. The first-order chi connectivity index (χ1) is 17.7. The summed E-state index contributed by atoms with van der Waals surface area (Å²) in [5.41, 5.74) is 4.09. The molecule has 1 aliphatic carbocycles. The van der Waals surface area contributed by atoms with Crippen molar-refractivity contribution in [3.63, 3.8) is 0 Å². The Hall–Kier alpha value is -3.38. The lowest BCUT2D eigenvalue weighted by molar-refractivity contribution is -0.146. The minimum atomic E-state index is -0.178. The molecule has 0 N–H and O–H groups in total. The van der Waals surface area contributed by atoms with Gasteiger partial charge < -0.3 is 14.5 Å². The average Bonchev–Trinajstić information content (AvgIpc) is 3.00. The standard InChI is InChI=1S/C30H33N3O3/c34-28(36-21-23-7-2-1-3-8-23)20-31-15-6-16-32(18-17-31)26-13-14-27-29-24(26)11-5-12-25(29)30(35)33(27)19-22-9-4-10-22/h1-3,5,7-8,11-14,22H,4,6,9-10,15-21H2. The molecule has 36 heavy (non-hydrogen) atoms. The monoisotopic (exact) mass is 483 g/mol. The van der Waals surface area contributed by atoms with Crippen LogP contribution in [0.1, 0.15) is 41.6 Å². The molecule has 2 heterocycles. The van der Waals surface area contributed by atoms with E-state index in [4.69, 9.17) is 4.74 Å². The van der Waals surface area contributed by atoms with Gasteiger partial charge in [0.1, 0.15) is 6.61 Å². The van der Waals surface area contributed by atoms with E-state index in [1.165, 1.54) is 24.9 Å². The summed E-state index contributed by atoms with van der Waals surface area (Å²) in [6.07, 6.45) is 4.71. The summed E-state index contributed by atoms with van der Waals surface area (Å²) in [7, 11) is 0. The van der Waals surface area contributed by atoms with E-state index in [9.17, 15) is 9.59 Å². The van der Waals surface area contributed by atoms with Gasteiger partial charge in [0.05, 0.1) is 12.2 Å². The van der Waals surface area contributed by atoms with Crippen molar-refractivity contribution in [2.75, 3.05) is 49.1 Å². The van der Waals surface area contributed by atoms with E-state index < -0.39 is 0 Å². The number of hydrogen-bond donors (Lipinski definition) is 0. The summed E-state index contributed by atoms with van der Waals surface area (Å²) >= 11 is 0. The van der Waals surface area contributed by atoms with Crippen LogP contribution in [0.5, 0.6) is 0 Å². The number of carbonyl (C=O) groups excluding carboxylic acids is 2. The lowest BCUT2D eigenvalue weighted by Crippen LogP contribution is -2.35. The van der Waals surface area contributed by atoms with Gasteiger partial charge in [-0.25, -0.2) is 0 Å². The van der Waals surface area contributed by atoms with Crippen LogP contribution in [0.2, 0.25) is 0 Å². The first-order valence-electron chi connectivity index (χ1n) is 13.2. The van der Waals surface area contributed by atoms with Gasteiger partial charge >= 0.3 is 5.97 Å². The number of anilines is 2. The lowest BCUT2D eigenvalue weighted by Gasteiger charge is -2.31. The van der Waals surface area contributed by atoms with E-state index in [1.54, 1.807) is 0 Å². The second-order valence-electron chi connectivity index (χ2n) is 10.3. The van der Waals surface area contributed by atoms with Crippen molar-refractivity contribution in [2.24, 2.45) is 5.92 Å². The summed E-state index contributed by atoms with van der Waals surface area (Å²) < 4.78 is 5.50. The molecule has 1 saturated heterocycles. The number of esters is 1. The Kier molecular flexibility index (Phi) is 6.36. The highest BCUT2D eigenvalue weighted by molar-refractivity contribution is 6.26. The van der Waals surface area contributed by atoms with E-state index in [2.05, 4.69) is 28.0 Å². The smallest absolute Gasteiger partial charge is 0.320 e. The molecule has 186 valence electrons. The van der Waals surface area contributed by atoms with Crippen LogP contribution >= 0.6 is 0 Å². The molecule has 6 rings (SSSR count). The van der Waals surface area contributed by atoms with Crippen LogP contribution in [-0.2, 0) is 16.1 Å². The summed E-state index contributed by atoms with van der Waals surface area (Å²) in [6, 6.07) is 20.3. The normalized spacial score (nSPS) is 18.4. The number of hydrogen-bond acceptors (Lipinski definition) is 5. The number of carbonyl (C=O) groups is 2. The maximum atomic E-state index is 13.2. The molecule has 3 aliphatic rings. The Morgan fingerprint density at radius 2 is 1.69 bits per heavy atom. The molecular formula is C30H33N3O3. The maximum absolute atomic E-state index is 13.2. The zero-order valence-electron chi connectivity index (χ0n) is 20.7. The SMILES string of the molecule is O=C(CN1CCCN(c2ccc3c4c(cccc24)C(=O)N3CC2CCC2)CC1)OCc1ccccc1. The van der Waals surface area contributed by atoms with E-state index in [0.717, 1.165) is 66.7 Å². The second-order valence-corrected chi connectivity index (χ2v) is 10.3. The molecule has 0 aromatic heterocycles. The summed E-state index contributed by atoms with van der Waals surface area (Å²) in [5.74, 6) is 0.604. The molecule has 0 spiro atoms. The zero-order valence-corrected chi connectivity index (χ0v) is 20.7. The van der Waals surface area contributed by atoms with Crippen molar-refractivity contribution < 1.29 is 14.3 Å². The topological polar surface area (TPSA) is 53.1 Å². The number of rotatable bonds is 7. The first kappa shape index (κ1) is 23.0. The fraction of sp³-hybridized carbons (Fsp3) is 0.400. The van der Waals surface area contributed by atoms with E-state index >= 15 is 0 Å². The average molecular weight is 484 g/mol. The van der Waals surface area contributed by atoms with E-state index in [0.29, 0.717) is 19.1 Å². The molecule has 1 saturated carbocycles. The summed E-state index contributed by atoms with van der Waals surface area (Å²) in [6.45, 7) is 4.90. The fourth-order valence-corrected chi connectivity index (χ4v) is 5.76. The molecule has 6 nitrogen and oxygen atoms in total. The van der Waals surface area contributed by atoms with Gasteiger partial charge in [-0.1, -0.05) is 48.9 Å². The molecular weight excluding hydrogens is 450 g/mol. The Balaban J connectivity index is 1.14. The predicted octanol–water partition coefficient (Wildman–Crippen LogP) is 4.86. The van der Waals surface area contributed by atoms with Crippen molar-refractivity contribution in [3.8, 4) is 0 Å². The largest absolute Gasteiger partial charge is 0.460 e. The predicted molar refractivity (Wildman–Crippen MR) is 142 cm³/mol. The third kappa shape index (κ3) is 4.46.